The van der Waals surface area contributed by atoms with Gasteiger partial charge in [0.1, 0.15) is 0 Å². The van der Waals surface area contributed by atoms with Crippen LogP contribution in [-0.4, -0.2) is 54.3 Å². The van der Waals surface area contributed by atoms with E-state index in [1.807, 2.05) is 42.6 Å². The molecule has 6 heteroatoms. The first-order chi connectivity index (χ1) is 15.0. The van der Waals surface area contributed by atoms with E-state index in [1.54, 1.807) is 11.8 Å². The number of nitrogens with zero attached hydrogens (tertiary/aromatic N) is 2. The average molecular weight is 433 g/mol. The van der Waals surface area contributed by atoms with Crippen molar-refractivity contribution in [3.05, 3.63) is 76.3 Å². The van der Waals surface area contributed by atoms with Crippen LogP contribution in [0.5, 0.6) is 0 Å². The first-order valence-electron chi connectivity index (χ1n) is 10.6. The van der Waals surface area contributed by atoms with Crippen LogP contribution in [0.1, 0.15) is 28.4 Å². The monoisotopic (exact) mass is 432 g/mol. The number of carbonyl (C=O) groups excluding carboxylic acids is 1. The molecule has 1 atom stereocenters. The first kappa shape index (κ1) is 21.5. The van der Waals surface area contributed by atoms with E-state index in [-0.39, 0.29) is 5.91 Å². The first-order valence-corrected chi connectivity index (χ1v) is 11.5. The van der Waals surface area contributed by atoms with E-state index >= 15 is 0 Å². The summed E-state index contributed by atoms with van der Waals surface area (Å²) < 4.78 is 0. The fourth-order valence-corrected chi connectivity index (χ4v) is 4.31. The van der Waals surface area contributed by atoms with Gasteiger partial charge in [-0.3, -0.25) is 9.69 Å². The molecule has 0 radical (unpaired) electrons. The van der Waals surface area contributed by atoms with E-state index in [4.69, 9.17) is 0 Å². The zero-order chi connectivity index (χ0) is 21.6. The van der Waals surface area contributed by atoms with Crippen LogP contribution in [-0.2, 0) is 6.54 Å². The molecule has 0 bridgehead atoms. The molecule has 0 spiro atoms. The number of hydrogen-bond donors (Lipinski definition) is 2. The molecule has 31 heavy (non-hydrogen) atoms. The summed E-state index contributed by atoms with van der Waals surface area (Å²) in [7, 11) is 2.17. The van der Waals surface area contributed by atoms with Crippen molar-refractivity contribution < 1.29 is 4.79 Å². The topological polar surface area (TPSA) is 47.6 Å². The van der Waals surface area contributed by atoms with Gasteiger partial charge < -0.3 is 15.5 Å². The van der Waals surface area contributed by atoms with E-state index in [0.717, 1.165) is 48.9 Å². The number of anilines is 1. The Kier molecular flexibility index (Phi) is 6.98. The van der Waals surface area contributed by atoms with Gasteiger partial charge in [0.15, 0.2) is 0 Å². The van der Waals surface area contributed by atoms with Crippen LogP contribution in [0.4, 0.5) is 5.69 Å². The minimum atomic E-state index is -0.125. The number of allylic oxidation sites excluding steroid dienone is 1. The Labute approximate surface area is 188 Å². The largest absolute Gasteiger partial charge is 0.378 e. The summed E-state index contributed by atoms with van der Waals surface area (Å²) in [6.07, 6.45) is 1.94. The van der Waals surface area contributed by atoms with Crippen molar-refractivity contribution in [3.63, 3.8) is 0 Å². The molecule has 0 saturated carbocycles. The van der Waals surface area contributed by atoms with Crippen LogP contribution in [0.3, 0.4) is 0 Å². The van der Waals surface area contributed by atoms with Crippen LogP contribution in [0.25, 0.3) is 0 Å². The minimum absolute atomic E-state index is 0.125. The van der Waals surface area contributed by atoms with Gasteiger partial charge in [-0.25, -0.2) is 0 Å². The number of thioether (sulfide) groups is 1. The molecule has 0 aliphatic carbocycles. The maximum absolute atomic E-state index is 12.7. The zero-order valence-electron chi connectivity index (χ0n) is 18.0. The second-order valence-electron chi connectivity index (χ2n) is 8.00. The highest BCUT2D eigenvalue weighted by Crippen LogP contribution is 2.24. The smallest absolute Gasteiger partial charge is 0.255 e. The van der Waals surface area contributed by atoms with Gasteiger partial charge in [0.2, 0.25) is 0 Å². The van der Waals surface area contributed by atoms with Crippen molar-refractivity contribution in [2.24, 2.45) is 0 Å². The highest BCUT2D eigenvalue weighted by atomic mass is 32.2. The van der Waals surface area contributed by atoms with Crippen molar-refractivity contribution >= 4 is 23.4 Å². The van der Waals surface area contributed by atoms with Gasteiger partial charge in [0, 0.05) is 55.7 Å². The number of benzene rings is 2. The second-order valence-corrected chi connectivity index (χ2v) is 9.38. The fraction of sp³-hybridized carbons (Fsp3) is 0.320. The highest BCUT2D eigenvalue weighted by molar-refractivity contribution is 8.04. The molecule has 1 fully saturated rings. The lowest BCUT2D eigenvalue weighted by Crippen LogP contribution is -2.43. The Hall–Kier alpha value is -2.72. The molecule has 1 amide bonds. The third kappa shape index (κ3) is 6.14. The number of carbonyl (C=O) groups is 1. The van der Waals surface area contributed by atoms with Gasteiger partial charge in [-0.2, -0.15) is 0 Å². The van der Waals surface area contributed by atoms with Crippen molar-refractivity contribution in [3.8, 4) is 11.8 Å². The fourth-order valence-electron chi connectivity index (χ4n) is 3.55. The van der Waals surface area contributed by atoms with Crippen molar-refractivity contribution in [1.82, 2.24) is 15.1 Å². The molecule has 5 nitrogen and oxygen atoms in total. The number of rotatable bonds is 4. The van der Waals surface area contributed by atoms with Crippen LogP contribution in [0.15, 0.2) is 59.6 Å². The maximum atomic E-state index is 12.7. The lowest BCUT2D eigenvalue weighted by Gasteiger charge is -2.32. The molecule has 160 valence electrons. The Morgan fingerprint density at radius 3 is 2.61 bits per heavy atom. The third-order valence-electron chi connectivity index (χ3n) is 5.42. The Morgan fingerprint density at radius 1 is 1.13 bits per heavy atom. The number of amides is 1. The summed E-state index contributed by atoms with van der Waals surface area (Å²) in [6, 6.07) is 15.6. The molecule has 2 aromatic rings. The molecule has 4 rings (SSSR count). The summed E-state index contributed by atoms with van der Waals surface area (Å²) in [5.74, 6) is 6.18. The van der Waals surface area contributed by atoms with Crippen LogP contribution in [0.2, 0.25) is 0 Å². The predicted molar refractivity (Wildman–Crippen MR) is 129 cm³/mol. The van der Waals surface area contributed by atoms with Crippen molar-refractivity contribution in [2.75, 3.05) is 38.5 Å². The molecule has 2 aliphatic rings. The highest BCUT2D eigenvalue weighted by Gasteiger charge is 2.14. The molecule has 2 aliphatic heterocycles. The Balaban J connectivity index is 1.34. The van der Waals surface area contributed by atoms with E-state index < -0.39 is 0 Å². The number of piperazine rings is 1. The van der Waals surface area contributed by atoms with E-state index in [0.29, 0.717) is 10.9 Å². The maximum Gasteiger partial charge on any atom is 0.255 e. The van der Waals surface area contributed by atoms with Gasteiger partial charge in [0.05, 0.1) is 10.3 Å². The molecular weight excluding hydrogens is 404 g/mol. The van der Waals surface area contributed by atoms with Gasteiger partial charge in [-0.1, -0.05) is 41.8 Å². The van der Waals surface area contributed by atoms with Crippen LogP contribution < -0.4 is 10.6 Å². The van der Waals surface area contributed by atoms with Gasteiger partial charge >= 0.3 is 0 Å². The molecule has 2 aromatic carbocycles. The SMILES string of the molecule is CC1NC=C(C#Cc2cccc(C(=O)Nc3ccc(CN4CCN(C)CC4)cc3)c2)S1. The third-order valence-corrected chi connectivity index (χ3v) is 6.39. The Morgan fingerprint density at radius 2 is 1.90 bits per heavy atom. The normalized spacial score (nSPS) is 19.2. The van der Waals surface area contributed by atoms with E-state index in [9.17, 15) is 4.79 Å². The lowest BCUT2D eigenvalue weighted by atomic mass is 10.1. The second kappa shape index (κ2) is 10.1. The minimum Gasteiger partial charge on any atom is -0.378 e. The summed E-state index contributed by atoms with van der Waals surface area (Å²) in [4.78, 5) is 18.5. The number of nitrogens with one attached hydrogen (secondary N) is 2. The number of likely N-dealkylation sites (N-methyl/N-ethyl adjacent to an activating group) is 1. The summed E-state index contributed by atoms with van der Waals surface area (Å²) in [5.41, 5.74) is 3.50. The molecule has 1 unspecified atom stereocenters. The summed E-state index contributed by atoms with van der Waals surface area (Å²) in [6.45, 7) is 7.47. The van der Waals surface area contributed by atoms with Crippen molar-refractivity contribution in [2.45, 2.75) is 18.8 Å². The van der Waals surface area contributed by atoms with Gasteiger partial charge in [-0.05, 0) is 49.9 Å². The lowest BCUT2D eigenvalue weighted by molar-refractivity contribution is 0.102. The summed E-state index contributed by atoms with van der Waals surface area (Å²) in [5, 5.41) is 6.57. The molecular formula is C25H28N4OS. The van der Waals surface area contributed by atoms with Gasteiger partial charge in [0.25, 0.3) is 5.91 Å². The molecule has 0 aromatic heterocycles. The van der Waals surface area contributed by atoms with E-state index in [2.05, 4.69) is 58.4 Å². The Bertz CT molecular complexity index is 1010. The number of hydrogen-bond acceptors (Lipinski definition) is 5. The van der Waals surface area contributed by atoms with Gasteiger partial charge in [-0.15, -0.1) is 0 Å². The summed E-state index contributed by atoms with van der Waals surface area (Å²) >= 11 is 1.70. The standard InChI is InChI=1S/C25H28N4OS/c1-19-26-17-24(31-19)11-8-20-4-3-5-22(16-20)25(30)27-23-9-6-21(7-10-23)18-29-14-12-28(2)13-15-29/h3-7,9-10,16-17,19,26H,12-15,18H2,1-2H3,(H,27,30). The van der Waals surface area contributed by atoms with Crippen molar-refractivity contribution in [1.29, 1.82) is 0 Å². The van der Waals surface area contributed by atoms with E-state index in [1.165, 1.54) is 5.56 Å². The van der Waals surface area contributed by atoms with Crippen LogP contribution in [0, 0.1) is 11.8 Å². The molecule has 2 heterocycles. The van der Waals surface area contributed by atoms with Crippen LogP contribution >= 0.6 is 11.8 Å². The molecule has 1 saturated heterocycles. The zero-order valence-corrected chi connectivity index (χ0v) is 18.8. The predicted octanol–water partition coefficient (Wildman–Crippen LogP) is 3.56. The average Bonchev–Trinajstić information content (AvgIpc) is 3.20. The quantitative estimate of drug-likeness (QED) is 0.724. The molecule has 2 N–H and O–H groups in total.